The van der Waals surface area contributed by atoms with Gasteiger partial charge in [0, 0.05) is 6.54 Å². The number of amides is 1. The van der Waals surface area contributed by atoms with Crippen molar-refractivity contribution in [2.45, 2.75) is 31.9 Å². The van der Waals surface area contributed by atoms with Crippen molar-refractivity contribution in [1.29, 1.82) is 0 Å². The number of rotatable bonds is 4. The van der Waals surface area contributed by atoms with Gasteiger partial charge in [0.05, 0.1) is 25.9 Å². The zero-order chi connectivity index (χ0) is 13.7. The van der Waals surface area contributed by atoms with Gasteiger partial charge in [-0.1, -0.05) is 30.3 Å². The van der Waals surface area contributed by atoms with Crippen molar-refractivity contribution in [3.8, 4) is 0 Å². The third-order valence-electron chi connectivity index (χ3n) is 3.67. The molecule has 0 saturated carbocycles. The Morgan fingerprint density at radius 2 is 2.11 bits per heavy atom. The molecule has 104 valence electrons. The molecular formula is C15H21NO3. The molecule has 1 aromatic rings. The quantitative estimate of drug-likeness (QED) is 0.838. The van der Waals surface area contributed by atoms with Crippen LogP contribution in [-0.4, -0.2) is 36.8 Å². The van der Waals surface area contributed by atoms with Crippen molar-refractivity contribution < 1.29 is 14.3 Å². The summed E-state index contributed by atoms with van der Waals surface area (Å²) in [5.74, 6) is 0. The molecule has 0 unspecified atom stereocenters. The molecule has 1 amide bonds. The molecule has 0 N–H and O–H groups in total. The molecule has 0 bridgehead atoms. The van der Waals surface area contributed by atoms with Crippen LogP contribution in [0.5, 0.6) is 0 Å². The van der Waals surface area contributed by atoms with Crippen LogP contribution in [0.2, 0.25) is 0 Å². The van der Waals surface area contributed by atoms with Gasteiger partial charge in [0.2, 0.25) is 0 Å². The lowest BCUT2D eigenvalue weighted by Crippen LogP contribution is -2.48. The molecule has 1 aliphatic heterocycles. The summed E-state index contributed by atoms with van der Waals surface area (Å²) in [4.78, 5) is 13.5. The van der Waals surface area contributed by atoms with Crippen LogP contribution >= 0.6 is 0 Å². The predicted molar refractivity (Wildman–Crippen MR) is 72.8 cm³/mol. The zero-order valence-corrected chi connectivity index (χ0v) is 11.6. The number of carbonyl (C=O) groups is 1. The number of carbonyl (C=O) groups excluding carboxylic acids is 1. The minimum atomic E-state index is -0.261. The molecule has 0 aromatic heterocycles. The smallest absolute Gasteiger partial charge is 0.410 e. The Morgan fingerprint density at radius 3 is 2.79 bits per heavy atom. The largest absolute Gasteiger partial charge is 0.453 e. The van der Waals surface area contributed by atoms with Gasteiger partial charge in [-0.2, -0.15) is 0 Å². The summed E-state index contributed by atoms with van der Waals surface area (Å²) in [6.45, 7) is 3.92. The summed E-state index contributed by atoms with van der Waals surface area (Å²) in [6, 6.07) is 10.1. The maximum Gasteiger partial charge on any atom is 0.410 e. The van der Waals surface area contributed by atoms with Crippen LogP contribution < -0.4 is 0 Å². The summed E-state index contributed by atoms with van der Waals surface area (Å²) in [5.41, 5.74) is 0.899. The standard InChI is InChI=1S/C15H21NO3/c1-15(9-6-10-16(15)14(17)18-2)12-19-11-13-7-4-3-5-8-13/h3-5,7-8H,6,9-12H2,1-2H3/t15-/m1/s1. The van der Waals surface area contributed by atoms with Crippen LogP contribution in [0.3, 0.4) is 0 Å². The number of benzene rings is 1. The molecule has 1 atom stereocenters. The van der Waals surface area contributed by atoms with Crippen molar-refractivity contribution in [1.82, 2.24) is 4.90 Å². The molecule has 0 radical (unpaired) electrons. The highest BCUT2D eigenvalue weighted by molar-refractivity contribution is 5.69. The lowest BCUT2D eigenvalue weighted by Gasteiger charge is -2.33. The third-order valence-corrected chi connectivity index (χ3v) is 3.67. The lowest BCUT2D eigenvalue weighted by molar-refractivity contribution is 0.0159. The summed E-state index contributed by atoms with van der Waals surface area (Å²) in [7, 11) is 1.42. The van der Waals surface area contributed by atoms with Gasteiger partial charge in [0.25, 0.3) is 0 Å². The average molecular weight is 263 g/mol. The Hall–Kier alpha value is -1.55. The molecule has 1 saturated heterocycles. The minimum absolute atomic E-state index is 0.248. The Bertz CT molecular complexity index is 421. The van der Waals surface area contributed by atoms with Gasteiger partial charge in [-0.15, -0.1) is 0 Å². The van der Waals surface area contributed by atoms with E-state index in [1.54, 1.807) is 4.90 Å². The highest BCUT2D eigenvalue weighted by Crippen LogP contribution is 2.30. The van der Waals surface area contributed by atoms with E-state index in [1.807, 2.05) is 30.3 Å². The number of hydrogen-bond acceptors (Lipinski definition) is 3. The van der Waals surface area contributed by atoms with E-state index in [-0.39, 0.29) is 11.6 Å². The van der Waals surface area contributed by atoms with Gasteiger partial charge in [0.1, 0.15) is 0 Å². The maximum atomic E-state index is 11.7. The number of methoxy groups -OCH3 is 1. The molecule has 19 heavy (non-hydrogen) atoms. The van der Waals surface area contributed by atoms with Crippen molar-refractivity contribution in [2.75, 3.05) is 20.3 Å². The molecule has 0 spiro atoms. The normalized spacial score (nSPS) is 22.5. The van der Waals surface area contributed by atoms with Gasteiger partial charge < -0.3 is 14.4 Å². The van der Waals surface area contributed by atoms with Gasteiger partial charge in [-0.25, -0.2) is 4.79 Å². The maximum absolute atomic E-state index is 11.7. The lowest BCUT2D eigenvalue weighted by atomic mass is 10.0. The van der Waals surface area contributed by atoms with Crippen molar-refractivity contribution in [3.63, 3.8) is 0 Å². The van der Waals surface area contributed by atoms with Gasteiger partial charge in [-0.3, -0.25) is 0 Å². The van der Waals surface area contributed by atoms with Crippen LogP contribution in [0.4, 0.5) is 4.79 Å². The monoisotopic (exact) mass is 263 g/mol. The van der Waals surface area contributed by atoms with Crippen molar-refractivity contribution >= 4 is 6.09 Å². The first kappa shape index (κ1) is 13.9. The van der Waals surface area contributed by atoms with Crippen LogP contribution in [0.25, 0.3) is 0 Å². The van der Waals surface area contributed by atoms with Crippen molar-refractivity contribution in [3.05, 3.63) is 35.9 Å². The molecule has 2 rings (SSSR count). The molecule has 1 aliphatic rings. The van der Waals surface area contributed by atoms with Crippen molar-refractivity contribution in [2.24, 2.45) is 0 Å². The summed E-state index contributed by atoms with van der Waals surface area (Å²) >= 11 is 0. The van der Waals surface area contributed by atoms with E-state index in [9.17, 15) is 4.79 Å². The molecule has 1 heterocycles. The Labute approximate surface area is 114 Å². The Morgan fingerprint density at radius 1 is 1.37 bits per heavy atom. The Balaban J connectivity index is 1.88. The number of nitrogens with zero attached hydrogens (tertiary/aromatic N) is 1. The molecule has 1 aromatic carbocycles. The SMILES string of the molecule is COC(=O)N1CCC[C@]1(C)COCc1ccccc1. The van der Waals surface area contributed by atoms with Gasteiger partial charge >= 0.3 is 6.09 Å². The molecule has 4 nitrogen and oxygen atoms in total. The van der Waals surface area contributed by atoms with E-state index in [1.165, 1.54) is 7.11 Å². The number of ether oxygens (including phenoxy) is 2. The highest BCUT2D eigenvalue weighted by atomic mass is 16.5. The van der Waals surface area contributed by atoms with E-state index in [0.717, 1.165) is 24.9 Å². The van der Waals surface area contributed by atoms with E-state index in [4.69, 9.17) is 9.47 Å². The second kappa shape index (κ2) is 6.06. The second-order valence-corrected chi connectivity index (χ2v) is 5.20. The molecule has 1 fully saturated rings. The third kappa shape index (κ3) is 3.26. The van der Waals surface area contributed by atoms with E-state index in [0.29, 0.717) is 13.2 Å². The predicted octanol–water partition coefficient (Wildman–Crippen LogP) is 2.82. The van der Waals surface area contributed by atoms with E-state index >= 15 is 0 Å². The number of hydrogen-bond donors (Lipinski definition) is 0. The zero-order valence-electron chi connectivity index (χ0n) is 11.6. The van der Waals surface area contributed by atoms with Gasteiger partial charge in [0.15, 0.2) is 0 Å². The average Bonchev–Trinajstić information content (AvgIpc) is 2.81. The van der Waals surface area contributed by atoms with E-state index < -0.39 is 0 Å². The summed E-state index contributed by atoms with van der Waals surface area (Å²) in [5, 5.41) is 0. The molecular weight excluding hydrogens is 242 g/mol. The fourth-order valence-electron chi connectivity index (χ4n) is 2.56. The fourth-order valence-corrected chi connectivity index (χ4v) is 2.56. The summed E-state index contributed by atoms with van der Waals surface area (Å²) < 4.78 is 10.6. The summed E-state index contributed by atoms with van der Waals surface area (Å²) in [6.07, 6.45) is 1.69. The van der Waals surface area contributed by atoms with Crippen LogP contribution in [0.1, 0.15) is 25.3 Å². The highest BCUT2D eigenvalue weighted by Gasteiger charge is 2.40. The number of likely N-dealkylation sites (tertiary alicyclic amines) is 1. The van der Waals surface area contributed by atoms with Crippen LogP contribution in [-0.2, 0) is 16.1 Å². The minimum Gasteiger partial charge on any atom is -0.453 e. The molecule has 0 aliphatic carbocycles. The van der Waals surface area contributed by atoms with Crippen LogP contribution in [0.15, 0.2) is 30.3 Å². The first-order chi connectivity index (χ1) is 9.15. The first-order valence-corrected chi connectivity index (χ1v) is 6.63. The first-order valence-electron chi connectivity index (χ1n) is 6.63. The van der Waals surface area contributed by atoms with Crippen LogP contribution in [0, 0.1) is 0 Å². The second-order valence-electron chi connectivity index (χ2n) is 5.20. The topological polar surface area (TPSA) is 38.8 Å². The fraction of sp³-hybridized carbons (Fsp3) is 0.533. The van der Waals surface area contributed by atoms with E-state index in [2.05, 4.69) is 6.92 Å². The van der Waals surface area contributed by atoms with Gasteiger partial charge in [-0.05, 0) is 25.3 Å². The Kier molecular flexibility index (Phi) is 4.43. The molecule has 4 heteroatoms.